The van der Waals surface area contributed by atoms with Crippen molar-refractivity contribution in [3.63, 3.8) is 0 Å². The van der Waals surface area contributed by atoms with E-state index in [0.29, 0.717) is 12.6 Å². The number of piperazine rings is 1. The first-order chi connectivity index (χ1) is 14.9. The number of nitrogens with zero attached hydrogens (tertiary/aromatic N) is 3. The molecule has 166 valence electrons. The lowest BCUT2D eigenvalue weighted by Crippen LogP contribution is -2.54. The molecule has 0 N–H and O–H groups in total. The molecule has 0 aromatic heterocycles. The van der Waals surface area contributed by atoms with Crippen molar-refractivity contribution in [3.05, 3.63) is 65.7 Å². The lowest BCUT2D eigenvalue weighted by Gasteiger charge is -2.36. The van der Waals surface area contributed by atoms with Crippen LogP contribution in [-0.4, -0.2) is 67.2 Å². The molecule has 2 aromatic rings. The van der Waals surface area contributed by atoms with Crippen LogP contribution in [0.2, 0.25) is 0 Å². The number of sulfonamides is 1. The van der Waals surface area contributed by atoms with Crippen molar-refractivity contribution in [1.29, 1.82) is 0 Å². The maximum Gasteiger partial charge on any atom is 0.243 e. The fourth-order valence-electron chi connectivity index (χ4n) is 4.26. The molecule has 2 aliphatic heterocycles. The molecule has 0 saturated carbocycles. The summed E-state index contributed by atoms with van der Waals surface area (Å²) >= 11 is 0. The second-order valence-electron chi connectivity index (χ2n) is 7.92. The average molecular weight is 450 g/mol. The molecule has 2 aliphatic rings. The summed E-state index contributed by atoms with van der Waals surface area (Å²) in [6.45, 7) is 2.36. The van der Waals surface area contributed by atoms with Gasteiger partial charge in [0.2, 0.25) is 15.9 Å². The van der Waals surface area contributed by atoms with Gasteiger partial charge in [0.25, 0.3) is 0 Å². The molecule has 2 saturated heterocycles. The van der Waals surface area contributed by atoms with Crippen LogP contribution in [0.25, 0.3) is 0 Å². The molecule has 1 amide bonds. The van der Waals surface area contributed by atoms with Gasteiger partial charge >= 0.3 is 0 Å². The number of hydrogen-bond donors (Lipinski definition) is 0. The molecule has 0 aliphatic carbocycles. The van der Waals surface area contributed by atoms with E-state index in [1.807, 2.05) is 30.3 Å². The molecule has 0 radical (unpaired) electrons. The number of hydrogen-bond acceptors (Lipinski definition) is 4. The van der Waals surface area contributed by atoms with E-state index in [1.54, 1.807) is 4.90 Å². The minimum Gasteiger partial charge on any atom is -0.339 e. The second kappa shape index (κ2) is 9.02. The van der Waals surface area contributed by atoms with Crippen LogP contribution in [-0.2, 0) is 21.4 Å². The van der Waals surface area contributed by atoms with Gasteiger partial charge in [-0.05, 0) is 43.1 Å². The fourth-order valence-corrected chi connectivity index (χ4v) is 5.69. The lowest BCUT2D eigenvalue weighted by atomic mass is 10.1. The van der Waals surface area contributed by atoms with Crippen molar-refractivity contribution in [2.75, 3.05) is 32.7 Å². The van der Waals surface area contributed by atoms with E-state index in [1.165, 1.54) is 4.31 Å². The van der Waals surface area contributed by atoms with Crippen molar-refractivity contribution in [2.45, 2.75) is 30.3 Å². The van der Waals surface area contributed by atoms with Crippen LogP contribution in [0.3, 0.4) is 0 Å². The molecule has 4 rings (SSSR count). The van der Waals surface area contributed by atoms with Crippen LogP contribution in [0.1, 0.15) is 18.4 Å². The van der Waals surface area contributed by atoms with Crippen molar-refractivity contribution in [2.24, 2.45) is 0 Å². The first kappa shape index (κ1) is 21.9. The van der Waals surface area contributed by atoms with Crippen LogP contribution < -0.4 is 0 Å². The standard InChI is InChI=1S/C22H25F2N3O3S/c23-19-9-8-18(15-20(19)24)31(29,30)27-13-11-25(12-14-27)22(28)21-7-4-10-26(21)16-17-5-2-1-3-6-17/h1-3,5-6,8-9,15,21H,4,7,10-14,16H2. The molecular weight excluding hydrogens is 424 g/mol. The highest BCUT2D eigenvalue weighted by Crippen LogP contribution is 2.24. The van der Waals surface area contributed by atoms with E-state index in [9.17, 15) is 22.0 Å². The summed E-state index contributed by atoms with van der Waals surface area (Å²) in [4.78, 5) is 16.7. The molecule has 31 heavy (non-hydrogen) atoms. The summed E-state index contributed by atoms with van der Waals surface area (Å²) in [5, 5.41) is 0. The van der Waals surface area contributed by atoms with E-state index in [4.69, 9.17) is 0 Å². The zero-order valence-electron chi connectivity index (χ0n) is 17.1. The summed E-state index contributed by atoms with van der Waals surface area (Å²) in [6.07, 6.45) is 1.74. The highest BCUT2D eigenvalue weighted by Gasteiger charge is 2.36. The molecule has 1 unspecified atom stereocenters. The predicted molar refractivity (Wildman–Crippen MR) is 112 cm³/mol. The fraction of sp³-hybridized carbons (Fsp3) is 0.409. The molecule has 2 fully saturated rings. The van der Waals surface area contributed by atoms with E-state index in [-0.39, 0.29) is 43.0 Å². The number of rotatable bonds is 5. The highest BCUT2D eigenvalue weighted by atomic mass is 32.2. The van der Waals surface area contributed by atoms with Gasteiger partial charge in [0.1, 0.15) is 0 Å². The number of benzene rings is 2. The quantitative estimate of drug-likeness (QED) is 0.704. The summed E-state index contributed by atoms with van der Waals surface area (Å²) in [5.41, 5.74) is 1.16. The molecule has 1 atom stereocenters. The summed E-state index contributed by atoms with van der Waals surface area (Å²) in [5.74, 6) is -2.26. The largest absolute Gasteiger partial charge is 0.339 e. The Morgan fingerprint density at radius 2 is 1.65 bits per heavy atom. The number of likely N-dealkylation sites (tertiary alicyclic amines) is 1. The van der Waals surface area contributed by atoms with Gasteiger partial charge in [-0.3, -0.25) is 9.69 Å². The van der Waals surface area contributed by atoms with Gasteiger partial charge in [0, 0.05) is 32.7 Å². The van der Waals surface area contributed by atoms with Crippen molar-refractivity contribution < 1.29 is 22.0 Å². The second-order valence-corrected chi connectivity index (χ2v) is 9.86. The van der Waals surface area contributed by atoms with Crippen LogP contribution in [0.4, 0.5) is 8.78 Å². The predicted octanol–water partition coefficient (Wildman–Crippen LogP) is 2.46. The first-order valence-corrected chi connectivity index (χ1v) is 11.8. The maximum atomic E-state index is 13.5. The SMILES string of the molecule is O=C(C1CCCN1Cc1ccccc1)N1CCN(S(=O)(=O)c2ccc(F)c(F)c2)CC1. The van der Waals surface area contributed by atoms with Gasteiger partial charge in [0.05, 0.1) is 10.9 Å². The van der Waals surface area contributed by atoms with E-state index in [0.717, 1.165) is 37.1 Å². The summed E-state index contributed by atoms with van der Waals surface area (Å²) in [7, 11) is -3.94. The van der Waals surface area contributed by atoms with Gasteiger partial charge in [-0.2, -0.15) is 4.31 Å². The summed E-state index contributed by atoms with van der Waals surface area (Å²) < 4.78 is 53.4. The number of amides is 1. The average Bonchev–Trinajstić information content (AvgIpc) is 3.24. The summed E-state index contributed by atoms with van der Waals surface area (Å²) in [6, 6.07) is 12.4. The minimum atomic E-state index is -3.94. The molecule has 0 bridgehead atoms. The molecule has 6 nitrogen and oxygen atoms in total. The van der Waals surface area contributed by atoms with Gasteiger partial charge in [-0.15, -0.1) is 0 Å². The Balaban J connectivity index is 1.38. The van der Waals surface area contributed by atoms with Crippen LogP contribution in [0.5, 0.6) is 0 Å². The zero-order valence-corrected chi connectivity index (χ0v) is 17.9. The Hall–Kier alpha value is -2.36. The monoisotopic (exact) mass is 449 g/mol. The van der Waals surface area contributed by atoms with E-state index >= 15 is 0 Å². The van der Waals surface area contributed by atoms with Gasteiger partial charge in [-0.25, -0.2) is 17.2 Å². The van der Waals surface area contributed by atoms with Crippen LogP contribution >= 0.6 is 0 Å². The van der Waals surface area contributed by atoms with Crippen molar-refractivity contribution in [3.8, 4) is 0 Å². The first-order valence-electron chi connectivity index (χ1n) is 10.4. The number of halogens is 2. The molecule has 2 aromatic carbocycles. The van der Waals surface area contributed by atoms with Crippen molar-refractivity contribution >= 4 is 15.9 Å². The maximum absolute atomic E-state index is 13.5. The zero-order chi connectivity index (χ0) is 22.0. The smallest absolute Gasteiger partial charge is 0.243 e. The Morgan fingerprint density at radius 1 is 0.935 bits per heavy atom. The minimum absolute atomic E-state index is 0.0262. The van der Waals surface area contributed by atoms with Crippen LogP contribution in [0, 0.1) is 11.6 Å². The lowest BCUT2D eigenvalue weighted by molar-refractivity contribution is -0.137. The van der Waals surface area contributed by atoms with Gasteiger partial charge in [0.15, 0.2) is 11.6 Å². The third-order valence-electron chi connectivity index (χ3n) is 5.96. The van der Waals surface area contributed by atoms with Gasteiger partial charge < -0.3 is 4.90 Å². The Morgan fingerprint density at radius 3 is 2.32 bits per heavy atom. The van der Waals surface area contributed by atoms with Crippen molar-refractivity contribution in [1.82, 2.24) is 14.1 Å². The molecular formula is C22H25F2N3O3S. The van der Waals surface area contributed by atoms with E-state index in [2.05, 4.69) is 4.90 Å². The van der Waals surface area contributed by atoms with Gasteiger partial charge in [-0.1, -0.05) is 30.3 Å². The Bertz CT molecular complexity index is 1040. The Labute approximate surface area is 181 Å². The topological polar surface area (TPSA) is 60.9 Å². The number of carbonyl (C=O) groups excluding carboxylic acids is 1. The molecule has 0 spiro atoms. The molecule has 9 heteroatoms. The third kappa shape index (κ3) is 4.63. The Kier molecular flexibility index (Phi) is 6.36. The normalized spacial score (nSPS) is 20.8. The number of carbonyl (C=O) groups is 1. The third-order valence-corrected chi connectivity index (χ3v) is 7.85. The van der Waals surface area contributed by atoms with Crippen LogP contribution in [0.15, 0.2) is 53.4 Å². The molecule has 2 heterocycles. The van der Waals surface area contributed by atoms with E-state index < -0.39 is 21.7 Å². The highest BCUT2D eigenvalue weighted by molar-refractivity contribution is 7.89.